The Bertz CT molecular complexity index is 1610. The molecule has 4 atom stereocenters. The van der Waals surface area contributed by atoms with Crippen LogP contribution in [-0.2, 0) is 15.0 Å². The molecule has 42 heavy (non-hydrogen) atoms. The fourth-order valence-corrected chi connectivity index (χ4v) is 6.32. The number of benzene rings is 2. The van der Waals surface area contributed by atoms with Crippen LogP contribution in [0.3, 0.4) is 0 Å². The van der Waals surface area contributed by atoms with Crippen molar-refractivity contribution in [3.63, 3.8) is 0 Å². The summed E-state index contributed by atoms with van der Waals surface area (Å²) in [7, 11) is 1.37. The van der Waals surface area contributed by atoms with Crippen LogP contribution in [0.5, 0.6) is 5.75 Å². The molecule has 1 spiro atoms. The van der Waals surface area contributed by atoms with Crippen LogP contribution >= 0.6 is 11.6 Å². The quantitative estimate of drug-likeness (QED) is 0.330. The van der Waals surface area contributed by atoms with Crippen molar-refractivity contribution in [1.29, 1.82) is 0 Å². The number of carbonyl (C=O) groups is 3. The standard InChI is InChI=1S/C30H30ClF2N5O4/c1-29(2,3)12-21-30(25-19(37-28(30)41)11-15(32)13-35-25)22(16-6-5-7-17(31)23(16)33)24(38-21)27(40)36-18-9-8-14(26(34)39)10-20(18)42-4/h5-11,13,21-22,24,38H,12H2,1-4H3,(H2,34,39)(H,36,40)(H,37,41)/t21-,22-,24+,30+/m0/s1. The monoisotopic (exact) mass is 597 g/mol. The van der Waals surface area contributed by atoms with Gasteiger partial charge >= 0.3 is 0 Å². The molecule has 2 aliphatic rings. The highest BCUT2D eigenvalue weighted by atomic mass is 35.5. The van der Waals surface area contributed by atoms with Crippen molar-refractivity contribution in [2.45, 2.75) is 50.6 Å². The summed E-state index contributed by atoms with van der Waals surface area (Å²) in [5, 5.41) is 8.66. The van der Waals surface area contributed by atoms with E-state index in [1.54, 1.807) is 0 Å². The molecule has 3 amide bonds. The normalized spacial score (nSPS) is 23.0. The SMILES string of the molecule is COc1cc(C(N)=O)ccc1NC(=O)[C@@H]1N[C@@H](CC(C)(C)C)[C@@]2(C(=O)Nc3cc(F)cnc32)[C@H]1c1cccc(Cl)c1F. The molecule has 0 saturated carbocycles. The van der Waals surface area contributed by atoms with Gasteiger partial charge in [0.25, 0.3) is 0 Å². The Morgan fingerprint density at radius 1 is 1.19 bits per heavy atom. The lowest BCUT2D eigenvalue weighted by Crippen LogP contribution is -2.50. The van der Waals surface area contributed by atoms with Gasteiger partial charge in [-0.2, -0.15) is 0 Å². The molecule has 220 valence electrons. The molecule has 0 unspecified atom stereocenters. The zero-order valence-electron chi connectivity index (χ0n) is 23.3. The number of nitrogens with two attached hydrogens (primary N) is 1. The van der Waals surface area contributed by atoms with E-state index in [9.17, 15) is 18.8 Å². The van der Waals surface area contributed by atoms with Crippen molar-refractivity contribution >= 4 is 40.7 Å². The van der Waals surface area contributed by atoms with Crippen molar-refractivity contribution in [1.82, 2.24) is 10.3 Å². The Balaban J connectivity index is 1.70. The summed E-state index contributed by atoms with van der Waals surface area (Å²) in [6.45, 7) is 5.92. The number of nitrogens with one attached hydrogen (secondary N) is 3. The van der Waals surface area contributed by atoms with E-state index in [2.05, 4.69) is 20.9 Å². The highest BCUT2D eigenvalue weighted by Crippen LogP contribution is 2.56. The predicted octanol–water partition coefficient (Wildman–Crippen LogP) is 4.51. The lowest BCUT2D eigenvalue weighted by molar-refractivity contribution is -0.122. The number of hydrogen-bond acceptors (Lipinski definition) is 6. The number of carbonyl (C=O) groups excluding carboxylic acids is 3. The Labute approximate surface area is 246 Å². The predicted molar refractivity (Wildman–Crippen MR) is 154 cm³/mol. The molecule has 5 N–H and O–H groups in total. The van der Waals surface area contributed by atoms with Gasteiger partial charge in [0, 0.05) is 23.6 Å². The van der Waals surface area contributed by atoms with Crippen molar-refractivity contribution in [2.75, 3.05) is 17.7 Å². The van der Waals surface area contributed by atoms with Gasteiger partial charge in [-0.3, -0.25) is 19.4 Å². The average molecular weight is 598 g/mol. The van der Waals surface area contributed by atoms with Crippen LogP contribution in [0.1, 0.15) is 54.7 Å². The molecule has 5 rings (SSSR count). The van der Waals surface area contributed by atoms with Gasteiger partial charge in [-0.05, 0) is 41.7 Å². The number of methoxy groups -OCH3 is 1. The summed E-state index contributed by atoms with van der Waals surface area (Å²) in [6.07, 6.45) is 1.37. The topological polar surface area (TPSA) is 135 Å². The minimum atomic E-state index is -1.61. The molecule has 0 aliphatic carbocycles. The average Bonchev–Trinajstić information content (AvgIpc) is 3.39. The summed E-state index contributed by atoms with van der Waals surface area (Å²) in [6, 6.07) is 7.92. The van der Waals surface area contributed by atoms with Crippen LogP contribution in [0.25, 0.3) is 0 Å². The zero-order valence-corrected chi connectivity index (χ0v) is 24.1. The molecular weight excluding hydrogens is 568 g/mol. The van der Waals surface area contributed by atoms with Crippen molar-refractivity contribution in [3.05, 3.63) is 82.1 Å². The Morgan fingerprint density at radius 3 is 2.60 bits per heavy atom. The van der Waals surface area contributed by atoms with E-state index in [1.807, 2.05) is 20.8 Å². The van der Waals surface area contributed by atoms with Gasteiger partial charge in [0.15, 0.2) is 0 Å². The lowest BCUT2D eigenvalue weighted by atomic mass is 9.64. The van der Waals surface area contributed by atoms with E-state index < -0.39 is 52.8 Å². The second-order valence-corrected chi connectivity index (χ2v) is 12.1. The van der Waals surface area contributed by atoms with Crippen LogP contribution in [0.2, 0.25) is 5.02 Å². The van der Waals surface area contributed by atoms with Gasteiger partial charge in [0.1, 0.15) is 22.8 Å². The minimum Gasteiger partial charge on any atom is -0.495 e. The van der Waals surface area contributed by atoms with Gasteiger partial charge in [-0.1, -0.05) is 44.5 Å². The molecule has 3 aromatic rings. The highest BCUT2D eigenvalue weighted by Gasteiger charge is 2.67. The number of halogens is 3. The number of amides is 3. The van der Waals surface area contributed by atoms with Gasteiger partial charge in [0.05, 0.1) is 41.4 Å². The molecule has 9 nitrogen and oxygen atoms in total. The molecule has 2 aromatic carbocycles. The molecule has 1 aromatic heterocycles. The molecule has 2 aliphatic heterocycles. The molecule has 12 heteroatoms. The number of anilines is 2. The number of hydrogen-bond donors (Lipinski definition) is 4. The first-order valence-electron chi connectivity index (χ1n) is 13.2. The van der Waals surface area contributed by atoms with Gasteiger partial charge in [0.2, 0.25) is 17.7 Å². The molecular formula is C30H30ClF2N5O4. The first-order valence-corrected chi connectivity index (χ1v) is 13.6. The first kappa shape index (κ1) is 29.4. The number of primary amides is 1. The summed E-state index contributed by atoms with van der Waals surface area (Å²) in [5.74, 6) is -4.25. The van der Waals surface area contributed by atoms with E-state index in [0.717, 1.165) is 12.3 Å². The third-order valence-electron chi connectivity index (χ3n) is 7.78. The number of pyridine rings is 1. The van der Waals surface area contributed by atoms with Crippen LogP contribution in [-0.4, -0.2) is 41.9 Å². The molecule has 1 fully saturated rings. The minimum absolute atomic E-state index is 0.0247. The van der Waals surface area contributed by atoms with E-state index in [1.165, 1.54) is 43.5 Å². The number of aromatic nitrogens is 1. The fraction of sp³-hybridized carbons (Fsp3) is 0.333. The fourth-order valence-electron chi connectivity index (χ4n) is 6.14. The summed E-state index contributed by atoms with van der Waals surface area (Å²) < 4.78 is 35.5. The summed E-state index contributed by atoms with van der Waals surface area (Å²) in [5.41, 5.74) is 4.20. The number of fused-ring (bicyclic) bond motifs is 2. The Kier molecular flexibility index (Phi) is 7.44. The lowest BCUT2D eigenvalue weighted by Gasteiger charge is -2.36. The second kappa shape index (κ2) is 10.6. The van der Waals surface area contributed by atoms with E-state index >= 15 is 4.39 Å². The zero-order chi connectivity index (χ0) is 30.6. The summed E-state index contributed by atoms with van der Waals surface area (Å²) >= 11 is 6.21. The van der Waals surface area contributed by atoms with Gasteiger partial charge in [-0.25, -0.2) is 8.78 Å². The summed E-state index contributed by atoms with van der Waals surface area (Å²) in [4.78, 5) is 44.2. The van der Waals surface area contributed by atoms with E-state index in [4.69, 9.17) is 22.1 Å². The number of nitrogens with zero attached hydrogens (tertiary/aromatic N) is 1. The van der Waals surface area contributed by atoms with E-state index in [-0.39, 0.29) is 44.4 Å². The number of ether oxygens (including phenoxy) is 1. The Hall–Kier alpha value is -4.09. The van der Waals surface area contributed by atoms with Crippen LogP contribution in [0.4, 0.5) is 20.2 Å². The maximum atomic E-state index is 15.9. The van der Waals surface area contributed by atoms with Crippen molar-refractivity contribution in [3.8, 4) is 5.75 Å². The Morgan fingerprint density at radius 2 is 1.93 bits per heavy atom. The van der Waals surface area contributed by atoms with Crippen LogP contribution < -0.4 is 26.4 Å². The van der Waals surface area contributed by atoms with Crippen molar-refractivity contribution < 1.29 is 27.9 Å². The van der Waals surface area contributed by atoms with Crippen molar-refractivity contribution in [2.24, 2.45) is 11.1 Å². The largest absolute Gasteiger partial charge is 0.495 e. The molecule has 0 radical (unpaired) electrons. The van der Waals surface area contributed by atoms with E-state index in [0.29, 0.717) is 6.42 Å². The van der Waals surface area contributed by atoms with Gasteiger partial charge < -0.3 is 26.4 Å². The third kappa shape index (κ3) is 4.86. The first-order chi connectivity index (χ1) is 19.8. The molecule has 3 heterocycles. The highest BCUT2D eigenvalue weighted by molar-refractivity contribution is 6.30. The molecule has 0 bridgehead atoms. The molecule has 1 saturated heterocycles. The van der Waals surface area contributed by atoms with Crippen LogP contribution in [0, 0.1) is 17.0 Å². The number of rotatable bonds is 6. The maximum Gasteiger partial charge on any atom is 0.248 e. The van der Waals surface area contributed by atoms with Crippen LogP contribution in [0.15, 0.2) is 48.7 Å². The maximum absolute atomic E-state index is 15.9. The smallest absolute Gasteiger partial charge is 0.248 e. The van der Waals surface area contributed by atoms with Gasteiger partial charge in [-0.15, -0.1) is 0 Å². The second-order valence-electron chi connectivity index (χ2n) is 11.7. The third-order valence-corrected chi connectivity index (χ3v) is 8.08.